The zero-order valence-electron chi connectivity index (χ0n) is 14.0. The van der Waals surface area contributed by atoms with Gasteiger partial charge in [0.25, 0.3) is 5.91 Å². The number of hydrogen-bond donors (Lipinski definition) is 2. The lowest BCUT2D eigenvalue weighted by Crippen LogP contribution is -2.45. The Morgan fingerprint density at radius 2 is 2.04 bits per heavy atom. The van der Waals surface area contributed by atoms with E-state index in [1.807, 2.05) is 11.8 Å². The molecule has 2 fully saturated rings. The minimum atomic E-state index is -0.276. The third-order valence-corrected chi connectivity index (χ3v) is 5.13. The summed E-state index contributed by atoms with van der Waals surface area (Å²) in [7, 11) is 1.75. The van der Waals surface area contributed by atoms with Crippen LogP contribution in [0.1, 0.15) is 54.7 Å². The Labute approximate surface area is 137 Å². The molecule has 2 heterocycles. The number of likely N-dealkylation sites (tertiary alicyclic amines) is 1. The summed E-state index contributed by atoms with van der Waals surface area (Å²) in [5.74, 6) is 0.649. The summed E-state index contributed by atoms with van der Waals surface area (Å²) in [6.45, 7) is 2.62. The van der Waals surface area contributed by atoms with Crippen molar-refractivity contribution in [2.75, 3.05) is 18.9 Å². The summed E-state index contributed by atoms with van der Waals surface area (Å²) >= 11 is 0. The van der Waals surface area contributed by atoms with Gasteiger partial charge in [-0.1, -0.05) is 12.8 Å². The van der Waals surface area contributed by atoms with Crippen LogP contribution in [0.25, 0.3) is 0 Å². The zero-order valence-corrected chi connectivity index (χ0v) is 14.0. The number of nitrogens with zero attached hydrogens (tertiary/aromatic N) is 3. The van der Waals surface area contributed by atoms with Gasteiger partial charge in [-0.05, 0) is 38.7 Å². The molecule has 0 radical (unpaired) electrons. The molecule has 1 aliphatic heterocycles. The molecule has 23 heavy (non-hydrogen) atoms. The maximum atomic E-state index is 13.0. The summed E-state index contributed by atoms with van der Waals surface area (Å²) < 4.78 is 0. The molecule has 6 nitrogen and oxygen atoms in total. The molecule has 6 heteroatoms. The quantitative estimate of drug-likeness (QED) is 0.891. The fourth-order valence-corrected chi connectivity index (χ4v) is 4.02. The third kappa shape index (κ3) is 3.32. The van der Waals surface area contributed by atoms with E-state index in [1.165, 1.54) is 0 Å². The van der Waals surface area contributed by atoms with E-state index in [9.17, 15) is 9.90 Å². The van der Waals surface area contributed by atoms with Crippen LogP contribution in [0, 0.1) is 12.8 Å². The smallest absolute Gasteiger partial charge is 0.272 e. The number of carbonyl (C=O) groups excluding carboxylic acids is 1. The number of aromatic nitrogens is 2. The predicted molar refractivity (Wildman–Crippen MR) is 88.3 cm³/mol. The normalized spacial score (nSPS) is 28.0. The Morgan fingerprint density at radius 1 is 1.26 bits per heavy atom. The van der Waals surface area contributed by atoms with Gasteiger partial charge in [-0.3, -0.25) is 4.79 Å². The van der Waals surface area contributed by atoms with Crippen molar-refractivity contribution in [3.05, 3.63) is 17.5 Å². The van der Waals surface area contributed by atoms with Crippen LogP contribution in [-0.2, 0) is 0 Å². The molecule has 1 saturated heterocycles. The van der Waals surface area contributed by atoms with E-state index in [1.54, 1.807) is 13.1 Å². The summed E-state index contributed by atoms with van der Waals surface area (Å²) in [5, 5.41) is 13.3. The molecule has 0 spiro atoms. The molecule has 0 unspecified atom stereocenters. The Bertz CT molecular complexity index is 578. The van der Waals surface area contributed by atoms with Gasteiger partial charge in [0.1, 0.15) is 5.69 Å². The zero-order chi connectivity index (χ0) is 16.4. The Balaban J connectivity index is 1.81. The van der Waals surface area contributed by atoms with Gasteiger partial charge < -0.3 is 15.3 Å². The number of aliphatic hydroxyl groups is 1. The van der Waals surface area contributed by atoms with Crippen molar-refractivity contribution in [1.82, 2.24) is 14.9 Å². The van der Waals surface area contributed by atoms with Crippen molar-refractivity contribution >= 4 is 11.9 Å². The van der Waals surface area contributed by atoms with Gasteiger partial charge in [0.05, 0.1) is 6.10 Å². The summed E-state index contributed by atoms with van der Waals surface area (Å²) in [6.07, 6.45) is 5.83. The Morgan fingerprint density at radius 3 is 2.78 bits per heavy atom. The fourth-order valence-electron chi connectivity index (χ4n) is 4.02. The number of aryl methyl sites for hydroxylation is 1. The van der Waals surface area contributed by atoms with Crippen LogP contribution in [0.2, 0.25) is 0 Å². The highest BCUT2D eigenvalue weighted by Crippen LogP contribution is 2.35. The van der Waals surface area contributed by atoms with Crippen molar-refractivity contribution < 1.29 is 9.90 Å². The summed E-state index contributed by atoms with van der Waals surface area (Å²) in [6, 6.07) is 1.89. The van der Waals surface area contributed by atoms with Gasteiger partial charge in [-0.15, -0.1) is 0 Å². The highest BCUT2D eigenvalue weighted by atomic mass is 16.3. The molecule has 1 saturated carbocycles. The first-order chi connectivity index (χ1) is 11.1. The van der Waals surface area contributed by atoms with Crippen molar-refractivity contribution in [1.29, 1.82) is 0 Å². The van der Waals surface area contributed by atoms with E-state index in [-0.39, 0.29) is 24.0 Å². The van der Waals surface area contributed by atoms with E-state index in [2.05, 4.69) is 15.3 Å². The van der Waals surface area contributed by atoms with Crippen LogP contribution in [-0.4, -0.2) is 51.6 Å². The second kappa shape index (κ2) is 6.83. The third-order valence-electron chi connectivity index (χ3n) is 5.13. The number of nitrogens with one attached hydrogen (secondary N) is 1. The standard InChI is InChI=1S/C17H26N4O2/c1-11-10-13(20-17(18-2)19-11)16(23)21-9-5-7-14(21)12-6-3-4-8-15(12)22/h10,12,14-15,22H,3-9H2,1-2H3,(H,18,19,20)/t12-,14-,15+/m1/s1. The van der Waals surface area contributed by atoms with Crippen molar-refractivity contribution in [3.63, 3.8) is 0 Å². The molecule has 126 valence electrons. The molecule has 1 amide bonds. The van der Waals surface area contributed by atoms with Crippen molar-refractivity contribution in [2.45, 2.75) is 57.6 Å². The molecule has 0 aromatic carbocycles. The maximum Gasteiger partial charge on any atom is 0.272 e. The second-order valence-corrected chi connectivity index (χ2v) is 6.69. The van der Waals surface area contributed by atoms with Crippen molar-refractivity contribution in [3.8, 4) is 0 Å². The number of rotatable bonds is 3. The van der Waals surface area contributed by atoms with Gasteiger partial charge in [0, 0.05) is 31.2 Å². The molecule has 1 aromatic heterocycles. The molecule has 1 aromatic rings. The van der Waals surface area contributed by atoms with Crippen LogP contribution >= 0.6 is 0 Å². The van der Waals surface area contributed by atoms with E-state index < -0.39 is 0 Å². The summed E-state index contributed by atoms with van der Waals surface area (Å²) in [5.41, 5.74) is 1.22. The lowest BCUT2D eigenvalue weighted by atomic mass is 9.80. The number of hydrogen-bond acceptors (Lipinski definition) is 5. The van der Waals surface area contributed by atoms with Gasteiger partial charge in [-0.25, -0.2) is 9.97 Å². The highest BCUT2D eigenvalue weighted by molar-refractivity contribution is 5.93. The molecule has 0 bridgehead atoms. The van der Waals surface area contributed by atoms with Crippen LogP contribution < -0.4 is 5.32 Å². The van der Waals surface area contributed by atoms with Crippen LogP contribution in [0.3, 0.4) is 0 Å². The molecule has 2 N–H and O–H groups in total. The Kier molecular flexibility index (Phi) is 4.80. The topological polar surface area (TPSA) is 78.4 Å². The number of carbonyl (C=O) groups is 1. The fraction of sp³-hybridized carbons (Fsp3) is 0.706. The molecular weight excluding hydrogens is 292 g/mol. The predicted octanol–water partition coefficient (Wildman–Crippen LogP) is 1.98. The van der Waals surface area contributed by atoms with E-state index in [4.69, 9.17) is 0 Å². The SMILES string of the molecule is CNc1nc(C)cc(C(=O)N2CCC[C@@H]2[C@H]2CCCC[C@@H]2O)n1. The van der Waals surface area contributed by atoms with E-state index >= 15 is 0 Å². The first-order valence-corrected chi connectivity index (χ1v) is 8.62. The molecular formula is C17H26N4O2. The van der Waals surface area contributed by atoms with Gasteiger partial charge in [-0.2, -0.15) is 0 Å². The number of aliphatic hydroxyl groups excluding tert-OH is 1. The highest BCUT2D eigenvalue weighted by Gasteiger charge is 2.39. The molecule has 3 rings (SSSR count). The monoisotopic (exact) mass is 318 g/mol. The lowest BCUT2D eigenvalue weighted by molar-refractivity contribution is 0.0209. The Hall–Kier alpha value is -1.69. The van der Waals surface area contributed by atoms with Crippen LogP contribution in [0.15, 0.2) is 6.07 Å². The number of anilines is 1. The minimum Gasteiger partial charge on any atom is -0.393 e. The largest absolute Gasteiger partial charge is 0.393 e. The van der Waals surface area contributed by atoms with Crippen LogP contribution in [0.4, 0.5) is 5.95 Å². The van der Waals surface area contributed by atoms with E-state index in [0.29, 0.717) is 11.6 Å². The lowest BCUT2D eigenvalue weighted by Gasteiger charge is -2.37. The van der Waals surface area contributed by atoms with Crippen LogP contribution in [0.5, 0.6) is 0 Å². The van der Waals surface area contributed by atoms with Crippen molar-refractivity contribution in [2.24, 2.45) is 5.92 Å². The van der Waals surface area contributed by atoms with Gasteiger partial charge in [0.15, 0.2) is 0 Å². The second-order valence-electron chi connectivity index (χ2n) is 6.69. The van der Waals surface area contributed by atoms with Gasteiger partial charge in [0.2, 0.25) is 5.95 Å². The number of amides is 1. The summed E-state index contributed by atoms with van der Waals surface area (Å²) in [4.78, 5) is 23.5. The first kappa shape index (κ1) is 16.2. The first-order valence-electron chi connectivity index (χ1n) is 8.62. The maximum absolute atomic E-state index is 13.0. The minimum absolute atomic E-state index is 0.0349. The molecule has 2 aliphatic rings. The average Bonchev–Trinajstić information content (AvgIpc) is 3.03. The average molecular weight is 318 g/mol. The van der Waals surface area contributed by atoms with Gasteiger partial charge >= 0.3 is 0 Å². The van der Waals surface area contributed by atoms with E-state index in [0.717, 1.165) is 50.8 Å². The molecule has 3 atom stereocenters. The molecule has 1 aliphatic carbocycles.